The van der Waals surface area contributed by atoms with Crippen molar-refractivity contribution in [1.29, 1.82) is 0 Å². The number of esters is 1. The van der Waals surface area contributed by atoms with Crippen LogP contribution in [0, 0.1) is 11.8 Å². The van der Waals surface area contributed by atoms with Gasteiger partial charge in [0.05, 0.1) is 0 Å². The van der Waals surface area contributed by atoms with Gasteiger partial charge in [-0.2, -0.15) is 0 Å². The molecule has 0 aromatic heterocycles. The van der Waals surface area contributed by atoms with E-state index in [-0.39, 0.29) is 18.0 Å². The van der Waals surface area contributed by atoms with Gasteiger partial charge in [-0.1, -0.05) is 49.3 Å². The van der Waals surface area contributed by atoms with Gasteiger partial charge in [-0.05, 0) is 52.4 Å². The van der Waals surface area contributed by atoms with Crippen molar-refractivity contribution in [3.63, 3.8) is 0 Å². The Bertz CT molecular complexity index is 443. The van der Waals surface area contributed by atoms with E-state index >= 15 is 0 Å². The van der Waals surface area contributed by atoms with Crippen molar-refractivity contribution in [3.05, 3.63) is 35.5 Å². The molecule has 0 fully saturated rings. The number of cyclic esters (lactones) is 1. The molecule has 124 valence electrons. The maximum absolute atomic E-state index is 11.9. The minimum Gasteiger partial charge on any atom is -0.462 e. The maximum Gasteiger partial charge on any atom is 0.306 e. The fourth-order valence-electron chi connectivity index (χ4n) is 2.62. The summed E-state index contributed by atoms with van der Waals surface area (Å²) in [6, 6.07) is 0. The lowest BCUT2D eigenvalue weighted by Gasteiger charge is -2.18. The largest absolute Gasteiger partial charge is 0.462 e. The van der Waals surface area contributed by atoms with Crippen LogP contribution in [0.25, 0.3) is 0 Å². The smallest absolute Gasteiger partial charge is 0.306 e. The van der Waals surface area contributed by atoms with Crippen LogP contribution in [-0.2, 0) is 9.53 Å². The molecule has 0 spiro atoms. The second kappa shape index (κ2) is 9.66. The normalized spacial score (nSPS) is 35.7. The Morgan fingerprint density at radius 2 is 1.77 bits per heavy atom. The van der Waals surface area contributed by atoms with Crippen molar-refractivity contribution in [3.8, 4) is 0 Å². The molecule has 1 aliphatic heterocycles. The van der Waals surface area contributed by atoms with Crippen molar-refractivity contribution in [1.82, 2.24) is 0 Å². The monoisotopic (exact) mass is 304 g/mol. The van der Waals surface area contributed by atoms with E-state index in [1.54, 1.807) is 0 Å². The summed E-state index contributed by atoms with van der Waals surface area (Å²) in [6.45, 7) is 10.7. The third-order valence-electron chi connectivity index (χ3n) is 4.33. The molecule has 22 heavy (non-hydrogen) atoms. The maximum atomic E-state index is 11.9. The topological polar surface area (TPSA) is 26.3 Å². The van der Waals surface area contributed by atoms with Crippen molar-refractivity contribution >= 4 is 5.97 Å². The molecule has 1 heterocycles. The van der Waals surface area contributed by atoms with Crippen LogP contribution in [0.5, 0.6) is 0 Å². The first kappa shape index (κ1) is 18.7. The molecule has 0 unspecified atom stereocenters. The van der Waals surface area contributed by atoms with Gasteiger partial charge in [-0.3, -0.25) is 4.79 Å². The summed E-state index contributed by atoms with van der Waals surface area (Å²) in [4.78, 5) is 11.9. The molecule has 1 aliphatic rings. The third-order valence-corrected chi connectivity index (χ3v) is 4.33. The quantitative estimate of drug-likeness (QED) is 0.430. The zero-order valence-corrected chi connectivity index (χ0v) is 14.9. The molecule has 0 amide bonds. The Morgan fingerprint density at radius 3 is 2.50 bits per heavy atom. The van der Waals surface area contributed by atoms with Gasteiger partial charge in [-0.25, -0.2) is 0 Å². The first-order chi connectivity index (χ1) is 10.4. The molecule has 0 bridgehead atoms. The summed E-state index contributed by atoms with van der Waals surface area (Å²) in [7, 11) is 0. The van der Waals surface area contributed by atoms with Crippen LogP contribution in [0.1, 0.15) is 66.7 Å². The number of carbonyl (C=O) groups excluding carboxylic acids is 1. The molecular formula is C20H32O2. The molecule has 0 aromatic rings. The number of rotatable bonds is 0. The zero-order chi connectivity index (χ0) is 16.5. The highest BCUT2D eigenvalue weighted by atomic mass is 16.5. The average Bonchev–Trinajstić information content (AvgIpc) is 2.43. The summed E-state index contributed by atoms with van der Waals surface area (Å²) in [6.07, 6.45) is 13.5. The average molecular weight is 304 g/mol. The first-order valence-corrected chi connectivity index (χ1v) is 8.57. The summed E-state index contributed by atoms with van der Waals surface area (Å²) >= 11 is 0. The Labute approximate surface area is 136 Å². The van der Waals surface area contributed by atoms with E-state index in [1.165, 1.54) is 11.1 Å². The van der Waals surface area contributed by atoms with Crippen LogP contribution in [0.4, 0.5) is 0 Å². The molecule has 0 aromatic carbocycles. The van der Waals surface area contributed by atoms with Gasteiger partial charge in [0.25, 0.3) is 0 Å². The highest BCUT2D eigenvalue weighted by Crippen LogP contribution is 2.17. The van der Waals surface area contributed by atoms with Gasteiger partial charge in [0.2, 0.25) is 0 Å². The minimum absolute atomic E-state index is 0.0616. The van der Waals surface area contributed by atoms with Crippen LogP contribution >= 0.6 is 0 Å². The lowest BCUT2D eigenvalue weighted by molar-refractivity contribution is -0.149. The Balaban J connectivity index is 2.78. The van der Waals surface area contributed by atoms with Crippen LogP contribution in [-0.4, -0.2) is 12.1 Å². The lowest BCUT2D eigenvalue weighted by atomic mass is 9.99. The Hall–Kier alpha value is -1.31. The molecule has 0 saturated heterocycles. The number of carbonyl (C=O) groups is 1. The van der Waals surface area contributed by atoms with Gasteiger partial charge in [0.15, 0.2) is 0 Å². The second-order valence-corrected chi connectivity index (χ2v) is 6.80. The summed E-state index contributed by atoms with van der Waals surface area (Å²) in [5, 5.41) is 0. The fourth-order valence-corrected chi connectivity index (χ4v) is 2.62. The van der Waals surface area contributed by atoms with Crippen LogP contribution in [0.15, 0.2) is 35.5 Å². The van der Waals surface area contributed by atoms with E-state index in [0.29, 0.717) is 12.3 Å². The molecule has 0 N–H and O–H groups in total. The summed E-state index contributed by atoms with van der Waals surface area (Å²) in [5.41, 5.74) is 2.74. The number of allylic oxidation sites excluding steroid dienone is 5. The van der Waals surface area contributed by atoms with E-state index in [1.807, 2.05) is 6.92 Å². The van der Waals surface area contributed by atoms with Gasteiger partial charge in [-0.15, -0.1) is 0 Å². The van der Waals surface area contributed by atoms with Crippen molar-refractivity contribution in [2.75, 3.05) is 0 Å². The van der Waals surface area contributed by atoms with Crippen molar-refractivity contribution in [2.24, 2.45) is 11.8 Å². The fraction of sp³-hybridized carbons (Fsp3) is 0.650. The number of hydrogen-bond acceptors (Lipinski definition) is 2. The van der Waals surface area contributed by atoms with E-state index in [0.717, 1.165) is 25.7 Å². The van der Waals surface area contributed by atoms with Crippen LogP contribution in [0.2, 0.25) is 0 Å². The predicted octanol–water partition coefficient (Wildman–Crippen LogP) is 5.60. The molecule has 0 radical (unpaired) electrons. The van der Waals surface area contributed by atoms with Crippen molar-refractivity contribution < 1.29 is 9.53 Å². The van der Waals surface area contributed by atoms with E-state index < -0.39 is 0 Å². The molecular weight excluding hydrogens is 272 g/mol. The lowest BCUT2D eigenvalue weighted by Crippen LogP contribution is -2.20. The molecule has 2 heteroatoms. The minimum atomic E-state index is -0.0861. The second-order valence-electron chi connectivity index (χ2n) is 6.80. The molecule has 2 nitrogen and oxygen atoms in total. The molecule has 0 aliphatic carbocycles. The number of hydrogen-bond donors (Lipinski definition) is 0. The molecule has 1 rings (SSSR count). The number of ether oxygens (including phenoxy) is 1. The van der Waals surface area contributed by atoms with Crippen molar-refractivity contribution in [2.45, 2.75) is 72.8 Å². The molecule has 3 atom stereocenters. The van der Waals surface area contributed by atoms with E-state index in [2.05, 4.69) is 52.0 Å². The van der Waals surface area contributed by atoms with Gasteiger partial charge in [0, 0.05) is 12.3 Å². The standard InChI is InChI=1S/C20H32O2/c1-15-8-6-9-16(2)14-17(3)10-7-11-18(4)19(5)22-20(21)13-12-15/h7-8,11,14,17-19H,6,9-10,12-13H2,1-5H3/b11-7+,15-8+,16-14+/t17-,18+,19+/m0/s1. The first-order valence-electron chi connectivity index (χ1n) is 8.57. The highest BCUT2D eigenvalue weighted by molar-refractivity contribution is 5.69. The van der Waals surface area contributed by atoms with Gasteiger partial charge >= 0.3 is 5.97 Å². The van der Waals surface area contributed by atoms with Crippen LogP contribution < -0.4 is 0 Å². The zero-order valence-electron chi connectivity index (χ0n) is 14.9. The summed E-state index contributed by atoms with van der Waals surface area (Å²) < 4.78 is 5.53. The predicted molar refractivity (Wildman–Crippen MR) is 93.6 cm³/mol. The molecule has 0 saturated carbocycles. The van der Waals surface area contributed by atoms with Gasteiger partial charge in [0.1, 0.15) is 6.10 Å². The third kappa shape index (κ3) is 7.63. The van der Waals surface area contributed by atoms with Gasteiger partial charge < -0.3 is 4.74 Å². The summed E-state index contributed by atoms with van der Waals surface area (Å²) in [5.74, 6) is 0.724. The highest BCUT2D eigenvalue weighted by Gasteiger charge is 2.14. The Morgan fingerprint density at radius 1 is 1.05 bits per heavy atom. The van der Waals surface area contributed by atoms with Crippen LogP contribution in [0.3, 0.4) is 0 Å². The Kier molecular flexibility index (Phi) is 8.22. The van der Waals surface area contributed by atoms with E-state index in [4.69, 9.17) is 4.74 Å². The van der Waals surface area contributed by atoms with E-state index in [9.17, 15) is 4.79 Å². The SMILES string of the molecule is C/C1=C\[C@@H](C)C/C=C/[C@@H](C)[C@@H](C)OC(=O)CC/C(C)=C/CC1.